The molecule has 20 heavy (non-hydrogen) atoms. The molecule has 2 rings (SSSR count). The zero-order valence-corrected chi connectivity index (χ0v) is 14.5. The molecule has 1 fully saturated rings. The average molecular weight is 402 g/mol. The van der Waals surface area contributed by atoms with Crippen LogP contribution in [0, 0.1) is 3.70 Å². The lowest BCUT2D eigenvalue weighted by Gasteiger charge is -2.38. The summed E-state index contributed by atoms with van der Waals surface area (Å²) < 4.78 is 9.27. The summed E-state index contributed by atoms with van der Waals surface area (Å²) in [4.78, 5) is 28.8. The van der Waals surface area contributed by atoms with Crippen molar-refractivity contribution < 1.29 is 14.3 Å². The number of rotatable bonds is 4. The molecule has 6 nitrogen and oxygen atoms in total. The van der Waals surface area contributed by atoms with Crippen LogP contribution in [0.1, 0.15) is 17.4 Å². The van der Waals surface area contributed by atoms with Crippen LogP contribution in [-0.2, 0) is 4.79 Å². The van der Waals surface area contributed by atoms with Crippen molar-refractivity contribution in [2.45, 2.75) is 18.8 Å². The van der Waals surface area contributed by atoms with E-state index in [-0.39, 0.29) is 33.4 Å². The highest BCUT2D eigenvalue weighted by Gasteiger charge is 2.30. The predicted molar refractivity (Wildman–Crippen MR) is 82.7 cm³/mol. The molecule has 0 atom stereocenters. The third-order valence-corrected chi connectivity index (χ3v) is 3.98. The molecule has 1 aromatic heterocycles. The molecule has 0 aliphatic carbocycles. The molecule has 1 aliphatic rings. The number of likely N-dealkylation sites (tertiary alicyclic amines) is 1. The van der Waals surface area contributed by atoms with Gasteiger partial charge in [-0.15, -0.1) is 0 Å². The second kappa shape index (κ2) is 6.74. The van der Waals surface area contributed by atoms with Gasteiger partial charge in [-0.05, 0) is 22.6 Å². The Bertz CT molecular complexity index is 535. The maximum atomic E-state index is 11.8. The molecule has 0 bridgehead atoms. The molecule has 0 spiro atoms. The maximum absolute atomic E-state index is 11.8. The fraction of sp³-hybridized carbons (Fsp3) is 0.417. The van der Waals surface area contributed by atoms with Gasteiger partial charge in [0.1, 0.15) is 21.2 Å². The molecule has 0 unspecified atom stereocenters. The number of ether oxygens (including phenoxy) is 1. The number of carbonyl (C=O) groups is 2. The van der Waals surface area contributed by atoms with Crippen molar-refractivity contribution in [3.05, 3.63) is 21.5 Å². The summed E-state index contributed by atoms with van der Waals surface area (Å²) in [5.41, 5.74) is 0.365. The van der Waals surface area contributed by atoms with Crippen molar-refractivity contribution in [3.63, 3.8) is 0 Å². The Kier molecular flexibility index (Phi) is 5.24. The molecule has 1 N–H and O–H groups in total. The summed E-state index contributed by atoms with van der Waals surface area (Å²) in [6.07, 6.45) is -0.00943. The van der Waals surface area contributed by atoms with Crippen molar-refractivity contribution >= 4 is 49.8 Å². The summed E-state index contributed by atoms with van der Waals surface area (Å²) in [6, 6.07) is 3.43. The lowest BCUT2D eigenvalue weighted by atomic mass is 10.1. The number of hydrogen-bond acceptors (Lipinski definition) is 4. The van der Waals surface area contributed by atoms with Gasteiger partial charge in [0.25, 0.3) is 0 Å². The molecule has 1 aliphatic heterocycles. The van der Waals surface area contributed by atoms with Crippen molar-refractivity contribution in [2.24, 2.45) is 0 Å². The van der Waals surface area contributed by atoms with Crippen molar-refractivity contribution in [2.75, 3.05) is 13.1 Å². The normalized spacial score (nSPS) is 14.4. The molecule has 0 aromatic carbocycles. The molecular formula is C12H14AlIN3O3. The van der Waals surface area contributed by atoms with E-state index >= 15 is 0 Å². The van der Waals surface area contributed by atoms with Crippen LogP contribution < -0.4 is 9.04 Å². The topological polar surface area (TPSA) is 71.5 Å². The van der Waals surface area contributed by atoms with E-state index < -0.39 is 0 Å². The van der Waals surface area contributed by atoms with Gasteiger partial charge in [0.05, 0.1) is 13.1 Å². The van der Waals surface area contributed by atoms with E-state index in [1.807, 2.05) is 5.79 Å². The second-order valence-corrected chi connectivity index (χ2v) is 6.41. The molecule has 105 valence electrons. The number of halogens is 1. The molecule has 2 amide bonds. The Morgan fingerprint density at radius 1 is 1.50 bits per heavy atom. The van der Waals surface area contributed by atoms with Crippen LogP contribution in [0.5, 0.6) is 5.75 Å². The van der Waals surface area contributed by atoms with Crippen LogP contribution in [0.15, 0.2) is 12.1 Å². The van der Waals surface area contributed by atoms with E-state index in [0.29, 0.717) is 28.2 Å². The molecule has 1 radical (unpaired) electrons. The first-order valence-corrected chi connectivity index (χ1v) is 8.99. The summed E-state index contributed by atoms with van der Waals surface area (Å²) in [5.74, 6) is 2.44. The van der Waals surface area contributed by atoms with Gasteiger partial charge in [0.2, 0.25) is 11.8 Å². The van der Waals surface area contributed by atoms with Gasteiger partial charge < -0.3 is 13.9 Å². The fourth-order valence-corrected chi connectivity index (χ4v) is 2.80. The van der Waals surface area contributed by atoms with Crippen LogP contribution in [0.3, 0.4) is 0 Å². The third kappa shape index (κ3) is 3.84. The highest BCUT2D eigenvalue weighted by Crippen LogP contribution is 2.21. The average Bonchev–Trinajstić information content (AvgIpc) is 2.32. The lowest BCUT2D eigenvalue weighted by molar-refractivity contribution is -0.137. The highest BCUT2D eigenvalue weighted by molar-refractivity contribution is 14.1. The van der Waals surface area contributed by atoms with Gasteiger partial charge >= 0.3 is 15.4 Å². The minimum atomic E-state index is -0.176. The smallest absolute Gasteiger partial charge is 0.367 e. The Balaban J connectivity index is 2.02. The van der Waals surface area contributed by atoms with Gasteiger partial charge in [0, 0.05) is 19.1 Å². The molecule has 2 heterocycles. The number of carbonyl (C=O) groups excluding carboxylic acids is 2. The van der Waals surface area contributed by atoms with E-state index in [1.54, 1.807) is 24.0 Å². The van der Waals surface area contributed by atoms with E-state index in [4.69, 9.17) is 4.74 Å². The zero-order chi connectivity index (χ0) is 14.7. The maximum Gasteiger partial charge on any atom is 0.367 e. The van der Waals surface area contributed by atoms with Crippen molar-refractivity contribution in [3.8, 4) is 5.75 Å². The van der Waals surface area contributed by atoms with E-state index in [1.165, 1.54) is 0 Å². The van der Waals surface area contributed by atoms with E-state index in [2.05, 4.69) is 31.9 Å². The Morgan fingerprint density at radius 2 is 2.20 bits per heavy atom. The van der Waals surface area contributed by atoms with Gasteiger partial charge in [-0.2, -0.15) is 0 Å². The standard InChI is InChI=1S/C11H12IN3O3.CH3.Al/c1-6(16)15-4-8(5-15)18-7-2-9(11(13)17)14-10(12)3-7;;/h2-3,8H,4-5H2,1H3,(H2,13,17);1H3;/q;;+1/p-1. The first kappa shape index (κ1) is 15.5. The predicted octanol–water partition coefficient (Wildman–Crippen LogP) is 0.693. The number of nitrogens with zero attached hydrogens (tertiary/aromatic N) is 2. The van der Waals surface area contributed by atoms with E-state index in [0.717, 1.165) is 0 Å². The van der Waals surface area contributed by atoms with Crippen LogP contribution in [-0.4, -0.2) is 56.3 Å². The molecule has 8 heteroatoms. The van der Waals surface area contributed by atoms with Crippen LogP contribution >= 0.6 is 22.6 Å². The Labute approximate surface area is 137 Å². The molecular weight excluding hydrogens is 388 g/mol. The molecule has 0 saturated carbocycles. The third-order valence-electron chi connectivity index (χ3n) is 2.87. The molecule has 1 aromatic rings. The van der Waals surface area contributed by atoms with E-state index in [9.17, 15) is 9.59 Å². The molecule has 1 saturated heterocycles. The Morgan fingerprint density at radius 3 is 2.80 bits per heavy atom. The lowest BCUT2D eigenvalue weighted by Crippen LogP contribution is -2.55. The van der Waals surface area contributed by atoms with Gasteiger partial charge in [-0.25, -0.2) is 4.98 Å². The summed E-state index contributed by atoms with van der Waals surface area (Å²) in [7, 11) is 0. The number of pyridine rings is 1. The fourth-order valence-electron chi connectivity index (χ4n) is 1.83. The van der Waals surface area contributed by atoms with Gasteiger partial charge in [-0.3, -0.25) is 9.59 Å². The van der Waals surface area contributed by atoms with Gasteiger partial charge in [-0.1, -0.05) is 5.79 Å². The Hall–Kier alpha value is -0.848. The number of hydrogen-bond donors (Lipinski definition) is 1. The van der Waals surface area contributed by atoms with Gasteiger partial charge in [0.15, 0.2) is 0 Å². The second-order valence-electron chi connectivity index (χ2n) is 4.44. The first-order valence-electron chi connectivity index (χ1n) is 6.18. The van der Waals surface area contributed by atoms with Crippen LogP contribution in [0.4, 0.5) is 0 Å². The van der Waals surface area contributed by atoms with Crippen LogP contribution in [0.25, 0.3) is 0 Å². The van der Waals surface area contributed by atoms with Crippen LogP contribution in [0.2, 0.25) is 5.79 Å². The minimum Gasteiger partial charge on any atom is -0.487 e. The zero-order valence-electron chi connectivity index (χ0n) is 11.2. The summed E-state index contributed by atoms with van der Waals surface area (Å²) in [5, 5.41) is 0. The SMILES string of the molecule is [CH3][Al][NH]C(=O)c1cc(OC2CN(C(C)=O)C2)cc(I)n1. The summed E-state index contributed by atoms with van der Waals surface area (Å²) in [6.45, 7) is 2.73. The largest absolute Gasteiger partial charge is 0.487 e. The quantitative estimate of drug-likeness (QED) is 0.457. The monoisotopic (exact) mass is 402 g/mol. The minimum absolute atomic E-state index is 0.00943. The summed E-state index contributed by atoms with van der Waals surface area (Å²) >= 11 is 1.94. The van der Waals surface area contributed by atoms with Crippen molar-refractivity contribution in [1.82, 2.24) is 14.2 Å². The number of nitrogens with one attached hydrogen (secondary N) is 1. The van der Waals surface area contributed by atoms with Crippen molar-refractivity contribution in [1.29, 1.82) is 0 Å². The number of amides is 2. The highest BCUT2D eigenvalue weighted by atomic mass is 127. The number of aromatic nitrogens is 1. The first-order chi connectivity index (χ1) is 9.49.